The van der Waals surface area contributed by atoms with Crippen LogP contribution < -0.4 is 4.90 Å². The zero-order chi connectivity index (χ0) is 10.8. The van der Waals surface area contributed by atoms with E-state index in [-0.39, 0.29) is 18.5 Å². The molecule has 0 amide bonds. The van der Waals surface area contributed by atoms with Crippen LogP contribution in [-0.4, -0.2) is 31.1 Å². The maximum atomic E-state index is 13.3. The molecular weight excluding hydrogens is 312 g/mol. The van der Waals surface area contributed by atoms with Crippen LogP contribution in [0.5, 0.6) is 0 Å². The minimum Gasteiger partial charge on any atom is -0.394 e. The molecule has 1 N–H and O–H groups in total. The van der Waals surface area contributed by atoms with E-state index >= 15 is 0 Å². The van der Waals surface area contributed by atoms with Crippen LogP contribution in [0.4, 0.5) is 10.1 Å². The van der Waals surface area contributed by atoms with Crippen molar-refractivity contribution in [1.29, 1.82) is 0 Å². The first kappa shape index (κ1) is 11.1. The zero-order valence-corrected chi connectivity index (χ0v) is 10.1. The Labute approximate surface area is 101 Å². The average Bonchev–Trinajstić information content (AvgIpc) is 2.70. The molecule has 0 saturated carbocycles. The van der Waals surface area contributed by atoms with Gasteiger partial charge in [0, 0.05) is 15.8 Å². The van der Waals surface area contributed by atoms with Gasteiger partial charge in [0.2, 0.25) is 0 Å². The normalized spacial score (nSPS) is 21.0. The van der Waals surface area contributed by atoms with E-state index < -0.39 is 0 Å². The van der Waals surface area contributed by atoms with Gasteiger partial charge < -0.3 is 14.7 Å². The molecule has 15 heavy (non-hydrogen) atoms. The second-order valence-electron chi connectivity index (χ2n) is 3.42. The number of rotatable bonds is 2. The summed E-state index contributed by atoms with van der Waals surface area (Å²) in [6.45, 7) is 1.02. The second kappa shape index (κ2) is 4.63. The molecule has 5 heteroatoms. The lowest BCUT2D eigenvalue weighted by Crippen LogP contribution is -2.23. The molecule has 82 valence electrons. The van der Waals surface area contributed by atoms with Crippen LogP contribution in [0.15, 0.2) is 18.2 Å². The maximum absolute atomic E-state index is 13.3. The Balaban J connectivity index is 2.13. The van der Waals surface area contributed by atoms with Gasteiger partial charge in [-0.1, -0.05) is 0 Å². The number of ether oxygens (including phenoxy) is 1. The first-order valence-corrected chi connectivity index (χ1v) is 5.71. The largest absolute Gasteiger partial charge is 0.394 e. The van der Waals surface area contributed by atoms with Crippen LogP contribution in [0.1, 0.15) is 0 Å². The third kappa shape index (κ3) is 2.40. The van der Waals surface area contributed by atoms with E-state index in [0.29, 0.717) is 16.8 Å². The summed E-state index contributed by atoms with van der Waals surface area (Å²) in [7, 11) is 0. The van der Waals surface area contributed by atoms with Crippen molar-refractivity contribution in [2.75, 3.05) is 24.8 Å². The summed E-state index contributed by atoms with van der Waals surface area (Å²) in [5.74, 6) is -0.222. The van der Waals surface area contributed by atoms with Crippen LogP contribution >= 0.6 is 22.6 Å². The average molecular weight is 323 g/mol. The lowest BCUT2D eigenvalue weighted by Gasteiger charge is -2.16. The Morgan fingerprint density at radius 3 is 3.00 bits per heavy atom. The van der Waals surface area contributed by atoms with Crippen molar-refractivity contribution in [3.05, 3.63) is 27.6 Å². The fourth-order valence-corrected chi connectivity index (χ4v) is 1.85. The van der Waals surface area contributed by atoms with Gasteiger partial charge in [-0.05, 0) is 40.8 Å². The van der Waals surface area contributed by atoms with Gasteiger partial charge >= 0.3 is 0 Å². The molecular formula is C10H11FINO2. The fraction of sp³-hybridized carbons (Fsp3) is 0.400. The molecule has 1 saturated heterocycles. The van der Waals surface area contributed by atoms with Crippen LogP contribution in [0.3, 0.4) is 0 Å². The van der Waals surface area contributed by atoms with Crippen molar-refractivity contribution in [3.8, 4) is 0 Å². The molecule has 0 bridgehead atoms. The number of aliphatic hydroxyl groups is 1. The molecule has 1 atom stereocenters. The molecule has 0 unspecified atom stereocenters. The summed E-state index contributed by atoms with van der Waals surface area (Å²) in [5, 5.41) is 8.90. The summed E-state index contributed by atoms with van der Waals surface area (Å²) in [5.41, 5.74) is 0.795. The monoisotopic (exact) mass is 323 g/mol. The summed E-state index contributed by atoms with van der Waals surface area (Å²) < 4.78 is 19.2. The minimum absolute atomic E-state index is 0.00332. The smallest absolute Gasteiger partial charge is 0.138 e. The molecule has 1 heterocycles. The van der Waals surface area contributed by atoms with Gasteiger partial charge in [0.25, 0.3) is 0 Å². The van der Waals surface area contributed by atoms with Gasteiger partial charge in [-0.3, -0.25) is 0 Å². The van der Waals surface area contributed by atoms with E-state index in [4.69, 9.17) is 9.84 Å². The lowest BCUT2D eigenvalue weighted by atomic mass is 10.2. The molecule has 0 spiro atoms. The Bertz CT molecular complexity index is 361. The van der Waals surface area contributed by atoms with Gasteiger partial charge in [0.1, 0.15) is 18.7 Å². The van der Waals surface area contributed by atoms with Gasteiger partial charge in [-0.2, -0.15) is 0 Å². The lowest BCUT2D eigenvalue weighted by molar-refractivity contribution is 0.0645. The number of hydrogen-bond donors (Lipinski definition) is 1. The van der Waals surface area contributed by atoms with Crippen LogP contribution in [0.2, 0.25) is 0 Å². The molecule has 0 radical (unpaired) electrons. The molecule has 0 aromatic heterocycles. The summed E-state index contributed by atoms with van der Waals surface area (Å²) in [6.07, 6.45) is -0.160. The Morgan fingerprint density at radius 1 is 1.60 bits per heavy atom. The van der Waals surface area contributed by atoms with Gasteiger partial charge in [0.05, 0.1) is 6.61 Å². The van der Waals surface area contributed by atoms with Gasteiger partial charge in [-0.15, -0.1) is 0 Å². The van der Waals surface area contributed by atoms with Crippen LogP contribution in [0, 0.1) is 9.39 Å². The highest BCUT2D eigenvalue weighted by Crippen LogP contribution is 2.22. The van der Waals surface area contributed by atoms with E-state index in [0.717, 1.165) is 5.69 Å². The van der Waals surface area contributed by atoms with Crippen molar-refractivity contribution in [3.63, 3.8) is 0 Å². The molecule has 1 aromatic carbocycles. The number of nitrogens with zero attached hydrogens (tertiary/aromatic N) is 1. The summed E-state index contributed by atoms with van der Waals surface area (Å²) >= 11 is 1.95. The van der Waals surface area contributed by atoms with Gasteiger partial charge in [-0.25, -0.2) is 4.39 Å². The predicted octanol–water partition coefficient (Wildman–Crippen LogP) is 1.59. The topological polar surface area (TPSA) is 32.7 Å². The zero-order valence-electron chi connectivity index (χ0n) is 7.99. The number of aliphatic hydroxyl groups excluding tert-OH is 1. The minimum atomic E-state index is -0.222. The number of anilines is 1. The first-order chi connectivity index (χ1) is 7.20. The summed E-state index contributed by atoms with van der Waals surface area (Å²) in [6, 6.07) is 5.08. The molecule has 1 fully saturated rings. The molecule has 3 nitrogen and oxygen atoms in total. The van der Waals surface area contributed by atoms with E-state index in [1.807, 2.05) is 33.6 Å². The van der Waals surface area contributed by atoms with E-state index in [2.05, 4.69) is 0 Å². The van der Waals surface area contributed by atoms with Crippen molar-refractivity contribution < 1.29 is 14.2 Å². The molecule has 1 aromatic rings. The first-order valence-electron chi connectivity index (χ1n) is 4.63. The number of benzene rings is 1. The van der Waals surface area contributed by atoms with E-state index in [9.17, 15) is 4.39 Å². The molecule has 2 rings (SSSR count). The standard InChI is InChI=1S/C10H11FINO2/c11-9-3-7(1-2-10(9)12)13-4-8(5-14)15-6-13/h1-3,8,14H,4-6H2/t8-/m1/s1. The maximum Gasteiger partial charge on any atom is 0.138 e. The van der Waals surface area contributed by atoms with Crippen molar-refractivity contribution >= 4 is 28.3 Å². The molecule has 1 aliphatic rings. The Morgan fingerprint density at radius 2 is 2.40 bits per heavy atom. The highest BCUT2D eigenvalue weighted by molar-refractivity contribution is 14.1. The van der Waals surface area contributed by atoms with Crippen molar-refractivity contribution in [2.45, 2.75) is 6.10 Å². The van der Waals surface area contributed by atoms with Crippen molar-refractivity contribution in [2.24, 2.45) is 0 Å². The van der Waals surface area contributed by atoms with Gasteiger partial charge in [0.15, 0.2) is 0 Å². The van der Waals surface area contributed by atoms with Crippen LogP contribution in [0.25, 0.3) is 0 Å². The van der Waals surface area contributed by atoms with E-state index in [1.165, 1.54) is 6.07 Å². The van der Waals surface area contributed by atoms with Crippen LogP contribution in [-0.2, 0) is 4.74 Å². The fourth-order valence-electron chi connectivity index (χ4n) is 1.52. The van der Waals surface area contributed by atoms with Crippen molar-refractivity contribution in [1.82, 2.24) is 0 Å². The third-order valence-corrected chi connectivity index (χ3v) is 3.24. The summed E-state index contributed by atoms with van der Waals surface area (Å²) in [4.78, 5) is 1.90. The predicted molar refractivity (Wildman–Crippen MR) is 63.3 cm³/mol. The second-order valence-corrected chi connectivity index (χ2v) is 4.58. The quantitative estimate of drug-likeness (QED) is 0.839. The highest BCUT2D eigenvalue weighted by atomic mass is 127. The third-order valence-electron chi connectivity index (χ3n) is 2.36. The number of hydrogen-bond acceptors (Lipinski definition) is 3. The Hall–Kier alpha value is -0.400. The highest BCUT2D eigenvalue weighted by Gasteiger charge is 2.22. The SMILES string of the molecule is OC[C@H]1CN(c2ccc(I)c(F)c2)CO1. The van der Waals surface area contributed by atoms with E-state index in [1.54, 1.807) is 6.07 Å². The number of halogens is 2. The molecule has 1 aliphatic heterocycles. The Kier molecular flexibility index (Phi) is 3.42. The molecule has 0 aliphatic carbocycles.